The molecule has 0 aliphatic heterocycles. The van der Waals surface area contributed by atoms with Crippen LogP contribution in [0.25, 0.3) is 0 Å². The Labute approximate surface area is 139 Å². The zero-order chi connectivity index (χ0) is 17.5. The zero-order valence-electron chi connectivity index (χ0n) is 14.8. The van der Waals surface area contributed by atoms with E-state index in [0.29, 0.717) is 26.1 Å². The summed E-state index contributed by atoms with van der Waals surface area (Å²) in [6.07, 6.45) is 0.714. The third-order valence-electron chi connectivity index (χ3n) is 4.01. The summed E-state index contributed by atoms with van der Waals surface area (Å²) in [5.74, 6) is 0.441. The predicted octanol–water partition coefficient (Wildman–Crippen LogP) is 2.25. The molecule has 0 saturated heterocycles. The SMILES string of the molecule is CCN(CC)C(=O)C(C)(C)C(=O)NCCc1ccc(OC)cc1. The average Bonchev–Trinajstić information content (AvgIpc) is 2.56. The molecule has 0 bridgehead atoms. The number of methoxy groups -OCH3 is 1. The van der Waals surface area contributed by atoms with Crippen molar-refractivity contribution in [1.29, 1.82) is 0 Å². The lowest BCUT2D eigenvalue weighted by atomic mass is 9.90. The Kier molecular flexibility index (Phi) is 7.07. The summed E-state index contributed by atoms with van der Waals surface area (Å²) >= 11 is 0. The van der Waals surface area contributed by atoms with Gasteiger partial charge in [-0.1, -0.05) is 12.1 Å². The summed E-state index contributed by atoms with van der Waals surface area (Å²) in [6, 6.07) is 7.73. The molecule has 0 aliphatic carbocycles. The van der Waals surface area contributed by atoms with Gasteiger partial charge in [-0.3, -0.25) is 9.59 Å². The van der Waals surface area contributed by atoms with E-state index in [1.165, 1.54) is 0 Å². The molecule has 1 aromatic rings. The van der Waals surface area contributed by atoms with Crippen LogP contribution in [0.5, 0.6) is 5.75 Å². The van der Waals surface area contributed by atoms with Crippen molar-refractivity contribution < 1.29 is 14.3 Å². The van der Waals surface area contributed by atoms with Gasteiger partial charge in [-0.15, -0.1) is 0 Å². The third-order valence-corrected chi connectivity index (χ3v) is 4.01. The molecule has 0 aliphatic rings. The van der Waals surface area contributed by atoms with Crippen LogP contribution in [0.4, 0.5) is 0 Å². The number of nitrogens with one attached hydrogen (secondary N) is 1. The standard InChI is InChI=1S/C18H28N2O3/c1-6-20(7-2)17(22)18(3,4)16(21)19-13-12-14-8-10-15(23-5)11-9-14/h8-11H,6-7,12-13H2,1-5H3,(H,19,21). The van der Waals surface area contributed by atoms with Crippen LogP contribution in [0, 0.1) is 5.41 Å². The Morgan fingerprint density at radius 1 is 1.13 bits per heavy atom. The second kappa shape index (κ2) is 8.56. The highest BCUT2D eigenvalue weighted by Crippen LogP contribution is 2.19. The van der Waals surface area contributed by atoms with Gasteiger partial charge in [0.2, 0.25) is 11.8 Å². The summed E-state index contributed by atoms with van der Waals surface area (Å²) in [7, 11) is 1.63. The van der Waals surface area contributed by atoms with Crippen LogP contribution >= 0.6 is 0 Å². The monoisotopic (exact) mass is 320 g/mol. The number of carbonyl (C=O) groups excluding carboxylic acids is 2. The van der Waals surface area contributed by atoms with Crippen LogP contribution in [0.2, 0.25) is 0 Å². The zero-order valence-corrected chi connectivity index (χ0v) is 14.8. The average molecular weight is 320 g/mol. The molecular formula is C18H28N2O3. The lowest BCUT2D eigenvalue weighted by Gasteiger charge is -2.29. The largest absolute Gasteiger partial charge is 0.497 e. The van der Waals surface area contributed by atoms with E-state index < -0.39 is 5.41 Å². The number of ether oxygens (including phenoxy) is 1. The van der Waals surface area contributed by atoms with Crippen LogP contribution in [-0.2, 0) is 16.0 Å². The topological polar surface area (TPSA) is 58.6 Å². The van der Waals surface area contributed by atoms with Crippen molar-refractivity contribution in [1.82, 2.24) is 10.2 Å². The molecule has 1 rings (SSSR count). The highest BCUT2D eigenvalue weighted by atomic mass is 16.5. The van der Waals surface area contributed by atoms with Crippen LogP contribution in [-0.4, -0.2) is 43.5 Å². The van der Waals surface area contributed by atoms with Gasteiger partial charge in [0.25, 0.3) is 0 Å². The van der Waals surface area contributed by atoms with Crippen LogP contribution in [0.1, 0.15) is 33.3 Å². The molecule has 2 amide bonds. The summed E-state index contributed by atoms with van der Waals surface area (Å²) in [5, 5.41) is 2.87. The van der Waals surface area contributed by atoms with Gasteiger partial charge < -0.3 is 15.0 Å². The Morgan fingerprint density at radius 2 is 1.70 bits per heavy atom. The first-order chi connectivity index (χ1) is 10.9. The summed E-state index contributed by atoms with van der Waals surface area (Å²) < 4.78 is 5.11. The van der Waals surface area contributed by atoms with Gasteiger partial charge >= 0.3 is 0 Å². The molecule has 5 nitrogen and oxygen atoms in total. The highest BCUT2D eigenvalue weighted by molar-refractivity contribution is 6.04. The molecule has 0 atom stereocenters. The molecule has 23 heavy (non-hydrogen) atoms. The number of amides is 2. The van der Waals surface area contributed by atoms with E-state index in [9.17, 15) is 9.59 Å². The predicted molar refractivity (Wildman–Crippen MR) is 91.4 cm³/mol. The normalized spacial score (nSPS) is 11.0. The lowest BCUT2D eigenvalue weighted by Crippen LogP contribution is -2.49. The summed E-state index contributed by atoms with van der Waals surface area (Å²) in [5.41, 5.74) is 0.0605. The minimum Gasteiger partial charge on any atom is -0.497 e. The molecule has 0 heterocycles. The number of nitrogens with zero attached hydrogens (tertiary/aromatic N) is 1. The number of benzene rings is 1. The first-order valence-electron chi connectivity index (χ1n) is 8.07. The van der Waals surface area contributed by atoms with E-state index in [-0.39, 0.29) is 11.8 Å². The minimum atomic E-state index is -1.05. The van der Waals surface area contributed by atoms with E-state index in [2.05, 4.69) is 5.32 Å². The van der Waals surface area contributed by atoms with E-state index in [1.54, 1.807) is 25.9 Å². The fourth-order valence-electron chi connectivity index (χ4n) is 2.34. The van der Waals surface area contributed by atoms with Crippen molar-refractivity contribution in [3.05, 3.63) is 29.8 Å². The number of hydrogen-bond acceptors (Lipinski definition) is 3. The maximum atomic E-state index is 12.4. The van der Waals surface area contributed by atoms with Crippen molar-refractivity contribution in [3.8, 4) is 5.75 Å². The van der Waals surface area contributed by atoms with Crippen molar-refractivity contribution in [3.63, 3.8) is 0 Å². The Hall–Kier alpha value is -2.04. The fourth-order valence-corrected chi connectivity index (χ4v) is 2.34. The Bertz CT molecular complexity index is 520. The van der Waals surface area contributed by atoms with Crippen molar-refractivity contribution in [2.24, 2.45) is 5.41 Å². The molecule has 0 spiro atoms. The molecule has 0 unspecified atom stereocenters. The number of hydrogen-bond donors (Lipinski definition) is 1. The van der Waals surface area contributed by atoms with E-state index >= 15 is 0 Å². The third kappa shape index (κ3) is 4.98. The van der Waals surface area contributed by atoms with Crippen LogP contribution in [0.15, 0.2) is 24.3 Å². The second-order valence-corrected chi connectivity index (χ2v) is 5.96. The lowest BCUT2D eigenvalue weighted by molar-refractivity contribution is -0.148. The molecule has 128 valence electrons. The van der Waals surface area contributed by atoms with Gasteiger partial charge in [-0.2, -0.15) is 0 Å². The number of rotatable bonds is 8. The Morgan fingerprint density at radius 3 is 2.17 bits per heavy atom. The molecule has 5 heteroatoms. The Balaban J connectivity index is 2.55. The molecule has 1 aromatic carbocycles. The van der Waals surface area contributed by atoms with E-state index in [4.69, 9.17) is 4.74 Å². The fraction of sp³-hybridized carbons (Fsp3) is 0.556. The summed E-state index contributed by atoms with van der Waals surface area (Å²) in [6.45, 7) is 8.90. The maximum Gasteiger partial charge on any atom is 0.237 e. The smallest absolute Gasteiger partial charge is 0.237 e. The number of carbonyl (C=O) groups is 2. The summed E-state index contributed by atoms with van der Waals surface area (Å²) in [4.78, 5) is 26.5. The molecule has 0 saturated carbocycles. The highest BCUT2D eigenvalue weighted by Gasteiger charge is 2.38. The van der Waals surface area contributed by atoms with E-state index in [0.717, 1.165) is 11.3 Å². The van der Waals surface area contributed by atoms with Gasteiger partial charge in [0.15, 0.2) is 0 Å². The van der Waals surface area contributed by atoms with Gasteiger partial charge in [-0.25, -0.2) is 0 Å². The van der Waals surface area contributed by atoms with Gasteiger partial charge in [0.05, 0.1) is 7.11 Å². The quantitative estimate of drug-likeness (QED) is 0.747. The molecule has 0 aromatic heterocycles. The molecule has 1 N–H and O–H groups in total. The minimum absolute atomic E-state index is 0.135. The van der Waals surface area contributed by atoms with Gasteiger partial charge in [-0.05, 0) is 51.8 Å². The first kappa shape index (κ1) is 19.0. The molecule has 0 radical (unpaired) electrons. The first-order valence-corrected chi connectivity index (χ1v) is 8.07. The van der Waals surface area contributed by atoms with Crippen molar-refractivity contribution in [2.75, 3.05) is 26.7 Å². The maximum absolute atomic E-state index is 12.4. The van der Waals surface area contributed by atoms with Crippen molar-refractivity contribution >= 4 is 11.8 Å². The van der Waals surface area contributed by atoms with E-state index in [1.807, 2.05) is 38.1 Å². The van der Waals surface area contributed by atoms with Crippen LogP contribution < -0.4 is 10.1 Å². The second-order valence-electron chi connectivity index (χ2n) is 5.96. The van der Waals surface area contributed by atoms with Gasteiger partial charge in [0.1, 0.15) is 11.2 Å². The molecular weight excluding hydrogens is 292 g/mol. The van der Waals surface area contributed by atoms with Crippen LogP contribution in [0.3, 0.4) is 0 Å². The van der Waals surface area contributed by atoms with Gasteiger partial charge in [0, 0.05) is 19.6 Å². The van der Waals surface area contributed by atoms with Crippen molar-refractivity contribution in [2.45, 2.75) is 34.1 Å². The molecule has 0 fully saturated rings.